The van der Waals surface area contributed by atoms with Crippen molar-refractivity contribution < 1.29 is 26.7 Å². The summed E-state index contributed by atoms with van der Waals surface area (Å²) in [5.74, 6) is -0.745. The van der Waals surface area contributed by atoms with Gasteiger partial charge in [-0.05, 0) is 22.0 Å². The summed E-state index contributed by atoms with van der Waals surface area (Å²) in [6.07, 6.45) is 2.33. The van der Waals surface area contributed by atoms with E-state index >= 15 is 0 Å². The van der Waals surface area contributed by atoms with Gasteiger partial charge in [0.25, 0.3) is 5.88 Å². The molecule has 0 aliphatic carbocycles. The summed E-state index contributed by atoms with van der Waals surface area (Å²) in [5.41, 5.74) is -0.0899. The van der Waals surface area contributed by atoms with Crippen LogP contribution in [0.5, 0.6) is 11.6 Å². The molecule has 0 unspecified atom stereocenters. The van der Waals surface area contributed by atoms with Gasteiger partial charge in [0, 0.05) is 11.6 Å². The number of benzene rings is 1. The van der Waals surface area contributed by atoms with Crippen LogP contribution in [0.2, 0.25) is 0 Å². The average Bonchev–Trinajstić information content (AvgIpc) is 3.03. The van der Waals surface area contributed by atoms with Gasteiger partial charge in [-0.25, -0.2) is 27.3 Å². The summed E-state index contributed by atoms with van der Waals surface area (Å²) in [4.78, 5) is 7.84. The van der Waals surface area contributed by atoms with Gasteiger partial charge in [0.2, 0.25) is 16.0 Å². The highest BCUT2D eigenvalue weighted by atomic mass is 79.9. The van der Waals surface area contributed by atoms with Crippen molar-refractivity contribution >= 4 is 36.9 Å². The molecular weight excluding hydrogens is 450 g/mol. The minimum absolute atomic E-state index is 0.0251. The van der Waals surface area contributed by atoms with Crippen molar-refractivity contribution in [3.63, 3.8) is 0 Å². The number of nitrogens with zero attached hydrogens (tertiary/aromatic N) is 3. The lowest BCUT2D eigenvalue weighted by atomic mass is 10.2. The molecule has 0 aliphatic rings. The van der Waals surface area contributed by atoms with Gasteiger partial charge < -0.3 is 9.47 Å². The normalized spacial score (nSPS) is 11.7. The maximum atomic E-state index is 14.7. The highest BCUT2D eigenvalue weighted by Gasteiger charge is 2.23. The Morgan fingerprint density at radius 1 is 1.37 bits per heavy atom. The quantitative estimate of drug-likeness (QED) is 0.601. The molecular formula is C15H13BrF2N4O4S. The number of primary sulfonamides is 1. The molecule has 2 heterocycles. The van der Waals surface area contributed by atoms with Crippen LogP contribution in [0.25, 0.3) is 16.9 Å². The molecule has 0 aliphatic heterocycles. The molecule has 1 aromatic carbocycles. The molecule has 12 heteroatoms. The number of methoxy groups -OCH3 is 1. The first-order chi connectivity index (χ1) is 12.8. The number of fused-ring (bicyclic) bond motifs is 1. The highest BCUT2D eigenvalue weighted by Crippen LogP contribution is 2.33. The van der Waals surface area contributed by atoms with Crippen LogP contribution in [0.15, 0.2) is 33.9 Å². The zero-order valence-corrected chi connectivity index (χ0v) is 16.2. The van der Waals surface area contributed by atoms with Gasteiger partial charge in [0.15, 0.2) is 11.6 Å². The third-order valence-electron chi connectivity index (χ3n) is 3.58. The molecule has 3 rings (SSSR count). The molecule has 0 saturated carbocycles. The van der Waals surface area contributed by atoms with Gasteiger partial charge in [-0.1, -0.05) is 6.07 Å². The molecule has 2 N–H and O–H groups in total. The minimum atomic E-state index is -4.14. The van der Waals surface area contributed by atoms with E-state index in [1.807, 2.05) is 0 Å². The molecule has 8 nitrogen and oxygen atoms in total. The standard InChI is InChI=1S/C15H13BrF2N4O4S/c1-25-14-10(26-5-4-17)6-20-15(21-14)22-7-11(27(19,23)24)8-2-3-9(16)12(18)13(8)22/h2-3,6-7H,4-5H2,1H3,(H2,19,23,24). The van der Waals surface area contributed by atoms with Crippen LogP contribution in [0.4, 0.5) is 8.78 Å². The Hall–Kier alpha value is -2.31. The Balaban J connectivity index is 2.27. The predicted octanol–water partition coefficient (Wildman–Crippen LogP) is 2.33. The number of sulfonamides is 1. The van der Waals surface area contributed by atoms with Gasteiger partial charge >= 0.3 is 0 Å². The second kappa shape index (κ2) is 7.37. The molecule has 0 amide bonds. The topological polar surface area (TPSA) is 109 Å². The van der Waals surface area contributed by atoms with Crippen molar-refractivity contribution in [3.05, 3.63) is 34.8 Å². The Bertz CT molecular complexity index is 1120. The Morgan fingerprint density at radius 3 is 2.74 bits per heavy atom. The van der Waals surface area contributed by atoms with Crippen molar-refractivity contribution in [1.82, 2.24) is 14.5 Å². The summed E-state index contributed by atoms with van der Waals surface area (Å²) >= 11 is 3.06. The van der Waals surface area contributed by atoms with Crippen LogP contribution < -0.4 is 14.6 Å². The fraction of sp³-hybridized carbons (Fsp3) is 0.200. The number of halogens is 3. The van der Waals surface area contributed by atoms with Gasteiger partial charge in [0.1, 0.15) is 18.2 Å². The lowest BCUT2D eigenvalue weighted by Crippen LogP contribution is -2.11. The largest absolute Gasteiger partial charge is 0.484 e. The van der Waals surface area contributed by atoms with Gasteiger partial charge in [-0.2, -0.15) is 4.98 Å². The van der Waals surface area contributed by atoms with E-state index in [4.69, 9.17) is 14.6 Å². The van der Waals surface area contributed by atoms with Crippen LogP contribution in [-0.4, -0.2) is 43.3 Å². The summed E-state index contributed by atoms with van der Waals surface area (Å²) in [7, 11) is -2.82. The molecule has 0 spiro atoms. The van der Waals surface area contributed by atoms with Crippen molar-refractivity contribution in [2.24, 2.45) is 5.14 Å². The first-order valence-electron chi connectivity index (χ1n) is 7.40. The predicted molar refractivity (Wildman–Crippen MR) is 95.9 cm³/mol. The molecule has 27 heavy (non-hydrogen) atoms. The first-order valence-corrected chi connectivity index (χ1v) is 9.74. The van der Waals surface area contributed by atoms with Crippen LogP contribution in [0.3, 0.4) is 0 Å². The first kappa shape index (κ1) is 19.5. The van der Waals surface area contributed by atoms with E-state index in [9.17, 15) is 17.2 Å². The summed E-state index contributed by atoms with van der Waals surface area (Å²) in [6, 6.07) is 2.78. The summed E-state index contributed by atoms with van der Waals surface area (Å²) < 4.78 is 62.3. The van der Waals surface area contributed by atoms with Crippen molar-refractivity contribution in [1.29, 1.82) is 0 Å². The maximum Gasteiger partial charge on any atom is 0.261 e. The van der Waals surface area contributed by atoms with Gasteiger partial charge in [-0.15, -0.1) is 0 Å². The Labute approximate surface area is 161 Å². The van der Waals surface area contributed by atoms with Gasteiger partial charge in [-0.3, -0.25) is 4.57 Å². The van der Waals surface area contributed by atoms with Crippen molar-refractivity contribution in [2.75, 3.05) is 20.4 Å². The maximum absolute atomic E-state index is 14.7. The van der Waals surface area contributed by atoms with E-state index in [1.54, 1.807) is 0 Å². The van der Waals surface area contributed by atoms with E-state index < -0.39 is 22.5 Å². The van der Waals surface area contributed by atoms with Crippen LogP contribution >= 0.6 is 15.9 Å². The van der Waals surface area contributed by atoms with E-state index in [2.05, 4.69) is 25.9 Å². The summed E-state index contributed by atoms with van der Waals surface area (Å²) in [6.45, 7) is -0.938. The lowest BCUT2D eigenvalue weighted by Gasteiger charge is -2.10. The molecule has 2 aromatic heterocycles. The number of aromatic nitrogens is 3. The lowest BCUT2D eigenvalue weighted by molar-refractivity contribution is 0.255. The number of hydrogen-bond acceptors (Lipinski definition) is 6. The highest BCUT2D eigenvalue weighted by molar-refractivity contribution is 9.10. The number of hydrogen-bond donors (Lipinski definition) is 1. The second-order valence-electron chi connectivity index (χ2n) is 5.25. The Morgan fingerprint density at radius 2 is 2.11 bits per heavy atom. The fourth-order valence-electron chi connectivity index (χ4n) is 2.47. The van der Waals surface area contributed by atoms with Crippen molar-refractivity contribution in [2.45, 2.75) is 4.90 Å². The fourth-order valence-corrected chi connectivity index (χ4v) is 3.51. The smallest absolute Gasteiger partial charge is 0.261 e. The van der Waals surface area contributed by atoms with E-state index in [1.165, 1.54) is 25.4 Å². The molecule has 0 saturated heterocycles. The molecule has 0 fully saturated rings. The van der Waals surface area contributed by atoms with E-state index in [-0.39, 0.29) is 44.5 Å². The van der Waals surface area contributed by atoms with E-state index in [0.29, 0.717) is 0 Å². The Kier molecular flexibility index (Phi) is 5.31. The molecule has 3 aromatic rings. The second-order valence-corrected chi connectivity index (χ2v) is 7.63. The number of rotatable bonds is 6. The monoisotopic (exact) mass is 462 g/mol. The number of alkyl halides is 1. The average molecular weight is 463 g/mol. The van der Waals surface area contributed by atoms with E-state index in [0.717, 1.165) is 10.8 Å². The number of nitrogens with two attached hydrogens (primary N) is 1. The SMILES string of the molecule is COc1nc(-n2cc(S(N)(=O)=O)c3ccc(Br)c(F)c32)ncc1OCCF. The van der Waals surface area contributed by atoms with Crippen LogP contribution in [0, 0.1) is 5.82 Å². The zero-order valence-electron chi connectivity index (χ0n) is 13.8. The van der Waals surface area contributed by atoms with Gasteiger partial charge in [0.05, 0.1) is 23.3 Å². The third kappa shape index (κ3) is 3.59. The van der Waals surface area contributed by atoms with Crippen LogP contribution in [0.1, 0.15) is 0 Å². The minimum Gasteiger partial charge on any atom is -0.484 e. The van der Waals surface area contributed by atoms with Crippen LogP contribution in [-0.2, 0) is 10.0 Å². The molecule has 0 atom stereocenters. The van der Waals surface area contributed by atoms with Crippen molar-refractivity contribution in [3.8, 4) is 17.6 Å². The molecule has 0 radical (unpaired) electrons. The summed E-state index contributed by atoms with van der Waals surface area (Å²) in [5, 5.41) is 5.31. The zero-order chi connectivity index (χ0) is 19.8. The number of ether oxygens (including phenoxy) is 2. The molecule has 0 bridgehead atoms. The molecule has 144 valence electrons. The third-order valence-corrected chi connectivity index (χ3v) is 5.13.